The Hall–Kier alpha value is -1.06. The molecule has 0 radical (unpaired) electrons. The lowest BCUT2D eigenvalue weighted by atomic mass is 9.96. The van der Waals surface area contributed by atoms with Gasteiger partial charge in [-0.2, -0.15) is 0 Å². The van der Waals surface area contributed by atoms with Crippen LogP contribution in [0.4, 0.5) is 0 Å². The van der Waals surface area contributed by atoms with Gasteiger partial charge >= 0.3 is 0 Å². The van der Waals surface area contributed by atoms with Crippen molar-refractivity contribution in [3.05, 3.63) is 29.3 Å². The zero-order valence-corrected chi connectivity index (χ0v) is 9.74. The molecule has 0 unspecified atom stereocenters. The van der Waals surface area contributed by atoms with Crippen LogP contribution in [-0.4, -0.2) is 13.2 Å². The lowest BCUT2D eigenvalue weighted by molar-refractivity contribution is 0.119. The van der Waals surface area contributed by atoms with E-state index in [1.165, 1.54) is 19.3 Å². The van der Waals surface area contributed by atoms with Crippen LogP contribution in [0.25, 0.3) is 0 Å². The largest absolute Gasteiger partial charge is 0.490 e. The second-order valence-corrected chi connectivity index (χ2v) is 4.25. The summed E-state index contributed by atoms with van der Waals surface area (Å²) in [4.78, 5) is 0. The first-order valence-corrected chi connectivity index (χ1v) is 5.81. The van der Waals surface area contributed by atoms with Crippen LogP contribution < -0.4 is 10.5 Å². The molecule has 0 bridgehead atoms. The number of benzene rings is 1. The van der Waals surface area contributed by atoms with E-state index in [-0.39, 0.29) is 0 Å². The Bertz CT molecular complexity index is 348. The van der Waals surface area contributed by atoms with E-state index in [2.05, 4.69) is 6.07 Å². The van der Waals surface area contributed by atoms with Crippen molar-refractivity contribution in [2.45, 2.75) is 38.5 Å². The van der Waals surface area contributed by atoms with Gasteiger partial charge in [0.15, 0.2) is 0 Å². The normalized spacial score (nSPS) is 15.9. The molecular weight excluding hydrogens is 202 g/mol. The number of nitrogens with two attached hydrogens (primary N) is 1. The van der Waals surface area contributed by atoms with Gasteiger partial charge in [-0.05, 0) is 37.0 Å². The number of ether oxygens (including phenoxy) is 2. The molecule has 1 aromatic carbocycles. The van der Waals surface area contributed by atoms with Gasteiger partial charge in [-0.25, -0.2) is 0 Å². The molecule has 1 aliphatic carbocycles. The predicted molar refractivity (Wildman–Crippen MR) is 63.3 cm³/mol. The molecule has 0 spiro atoms. The second kappa shape index (κ2) is 5.32. The molecule has 3 heteroatoms. The van der Waals surface area contributed by atoms with Crippen LogP contribution in [0.1, 0.15) is 30.4 Å². The van der Waals surface area contributed by atoms with Crippen LogP contribution in [0.2, 0.25) is 0 Å². The molecule has 16 heavy (non-hydrogen) atoms. The van der Waals surface area contributed by atoms with E-state index in [4.69, 9.17) is 15.2 Å². The molecule has 2 N–H and O–H groups in total. The molecule has 1 aromatic rings. The van der Waals surface area contributed by atoms with Gasteiger partial charge in [-0.3, -0.25) is 0 Å². The van der Waals surface area contributed by atoms with Gasteiger partial charge in [-0.1, -0.05) is 6.07 Å². The van der Waals surface area contributed by atoms with Crippen molar-refractivity contribution >= 4 is 0 Å². The van der Waals surface area contributed by atoms with Crippen LogP contribution in [0.5, 0.6) is 5.75 Å². The minimum absolute atomic E-state index is 0.401. The highest BCUT2D eigenvalue weighted by molar-refractivity contribution is 5.37. The van der Waals surface area contributed by atoms with Gasteiger partial charge in [0.05, 0.1) is 12.7 Å². The highest BCUT2D eigenvalue weighted by Crippen LogP contribution is 2.28. The molecule has 0 atom stereocenters. The van der Waals surface area contributed by atoms with Crippen LogP contribution in [0.3, 0.4) is 0 Å². The molecule has 0 aromatic heterocycles. The topological polar surface area (TPSA) is 44.5 Å². The Labute approximate surface area is 96.5 Å². The second-order valence-electron chi connectivity index (χ2n) is 4.25. The molecular formula is C13H19NO2. The highest BCUT2D eigenvalue weighted by atomic mass is 16.5. The van der Waals surface area contributed by atoms with Crippen LogP contribution >= 0.6 is 0 Å². The van der Waals surface area contributed by atoms with Gasteiger partial charge in [0, 0.05) is 19.2 Å². The molecule has 1 saturated carbocycles. The summed E-state index contributed by atoms with van der Waals surface area (Å²) in [6.07, 6.45) is 4.02. The third-order valence-corrected chi connectivity index (χ3v) is 3.00. The Morgan fingerprint density at radius 1 is 1.38 bits per heavy atom. The first kappa shape index (κ1) is 11.4. The first-order chi connectivity index (χ1) is 7.83. The highest BCUT2D eigenvalue weighted by Gasteiger charge is 2.20. The summed E-state index contributed by atoms with van der Waals surface area (Å²) in [7, 11) is 1.70. The standard InChI is InChI=1S/C13H19NO2/c1-15-9-10-5-6-13(11(7-10)8-14)16-12-3-2-4-12/h5-7,12H,2-4,8-9,14H2,1H3. The fourth-order valence-corrected chi connectivity index (χ4v) is 1.83. The Morgan fingerprint density at radius 3 is 2.75 bits per heavy atom. The first-order valence-electron chi connectivity index (χ1n) is 5.81. The third-order valence-electron chi connectivity index (χ3n) is 3.00. The molecule has 0 saturated heterocycles. The van der Waals surface area contributed by atoms with Crippen molar-refractivity contribution < 1.29 is 9.47 Å². The minimum atomic E-state index is 0.401. The van der Waals surface area contributed by atoms with Crippen molar-refractivity contribution in [2.24, 2.45) is 5.73 Å². The minimum Gasteiger partial charge on any atom is -0.490 e. The van der Waals surface area contributed by atoms with E-state index in [1.807, 2.05) is 12.1 Å². The zero-order chi connectivity index (χ0) is 11.4. The van der Waals surface area contributed by atoms with Crippen LogP contribution in [-0.2, 0) is 17.9 Å². The molecule has 1 fully saturated rings. The predicted octanol–water partition coefficient (Wildman–Crippen LogP) is 2.22. The van der Waals surface area contributed by atoms with Gasteiger partial charge < -0.3 is 15.2 Å². The fraction of sp³-hybridized carbons (Fsp3) is 0.538. The summed E-state index contributed by atoms with van der Waals surface area (Å²) in [6.45, 7) is 1.14. The van der Waals surface area contributed by atoms with Crippen molar-refractivity contribution in [3.8, 4) is 5.75 Å². The van der Waals surface area contributed by atoms with Crippen molar-refractivity contribution in [1.82, 2.24) is 0 Å². The third kappa shape index (κ3) is 2.54. The average molecular weight is 221 g/mol. The summed E-state index contributed by atoms with van der Waals surface area (Å²) in [5, 5.41) is 0. The molecule has 0 amide bonds. The SMILES string of the molecule is COCc1ccc(OC2CCC2)c(CN)c1. The maximum absolute atomic E-state index is 5.88. The van der Waals surface area contributed by atoms with Gasteiger partial charge in [-0.15, -0.1) is 0 Å². The summed E-state index contributed by atoms with van der Waals surface area (Å²) >= 11 is 0. The number of hydrogen-bond donors (Lipinski definition) is 1. The van der Waals surface area contributed by atoms with E-state index in [9.17, 15) is 0 Å². The van der Waals surface area contributed by atoms with Crippen LogP contribution in [0, 0.1) is 0 Å². The zero-order valence-electron chi connectivity index (χ0n) is 9.74. The lowest BCUT2D eigenvalue weighted by Gasteiger charge is -2.27. The molecule has 0 heterocycles. The van der Waals surface area contributed by atoms with Crippen molar-refractivity contribution in [3.63, 3.8) is 0 Å². The lowest BCUT2D eigenvalue weighted by Crippen LogP contribution is -2.25. The van der Waals surface area contributed by atoms with Gasteiger partial charge in [0.2, 0.25) is 0 Å². The quantitative estimate of drug-likeness (QED) is 0.829. The number of hydrogen-bond acceptors (Lipinski definition) is 3. The molecule has 0 aliphatic heterocycles. The van der Waals surface area contributed by atoms with Crippen LogP contribution in [0.15, 0.2) is 18.2 Å². The van der Waals surface area contributed by atoms with E-state index in [0.29, 0.717) is 19.3 Å². The Morgan fingerprint density at radius 2 is 2.19 bits per heavy atom. The molecule has 88 valence electrons. The van der Waals surface area contributed by atoms with E-state index in [0.717, 1.165) is 16.9 Å². The maximum atomic E-state index is 5.88. The van der Waals surface area contributed by atoms with E-state index >= 15 is 0 Å². The number of rotatable bonds is 5. The maximum Gasteiger partial charge on any atom is 0.124 e. The fourth-order valence-electron chi connectivity index (χ4n) is 1.83. The van der Waals surface area contributed by atoms with Crippen molar-refractivity contribution in [1.29, 1.82) is 0 Å². The monoisotopic (exact) mass is 221 g/mol. The Balaban J connectivity index is 2.10. The summed E-state index contributed by atoms with van der Waals surface area (Å²) in [5.74, 6) is 0.937. The van der Waals surface area contributed by atoms with E-state index < -0.39 is 0 Å². The smallest absolute Gasteiger partial charge is 0.124 e. The van der Waals surface area contributed by atoms with Gasteiger partial charge in [0.1, 0.15) is 5.75 Å². The van der Waals surface area contributed by atoms with E-state index in [1.54, 1.807) is 7.11 Å². The summed E-state index contributed by atoms with van der Waals surface area (Å²) in [5.41, 5.74) is 7.94. The molecule has 3 nitrogen and oxygen atoms in total. The molecule has 1 aliphatic rings. The Kier molecular flexibility index (Phi) is 3.80. The number of methoxy groups -OCH3 is 1. The molecule has 2 rings (SSSR count). The summed E-state index contributed by atoms with van der Waals surface area (Å²) in [6, 6.07) is 6.11. The summed E-state index contributed by atoms with van der Waals surface area (Å²) < 4.78 is 11.0. The average Bonchev–Trinajstić information content (AvgIpc) is 2.25. The van der Waals surface area contributed by atoms with Gasteiger partial charge in [0.25, 0.3) is 0 Å². The van der Waals surface area contributed by atoms with Crippen molar-refractivity contribution in [2.75, 3.05) is 7.11 Å².